The van der Waals surface area contributed by atoms with Crippen LogP contribution in [0.1, 0.15) is 39.5 Å². The van der Waals surface area contributed by atoms with Gasteiger partial charge in [-0.2, -0.15) is 0 Å². The molecule has 21 heavy (non-hydrogen) atoms. The maximum Gasteiger partial charge on any atom is 0.236 e. The second-order valence-corrected chi connectivity index (χ2v) is 7.07. The second kappa shape index (κ2) is 8.96. The Morgan fingerprint density at radius 3 is 2.48 bits per heavy atom. The summed E-state index contributed by atoms with van der Waals surface area (Å²) in [7, 11) is 0. The molecule has 4 nitrogen and oxygen atoms in total. The van der Waals surface area contributed by atoms with Crippen LogP contribution in [0, 0.1) is 17.8 Å². The minimum absolute atomic E-state index is 0. The highest BCUT2D eigenvalue weighted by Crippen LogP contribution is 2.22. The van der Waals surface area contributed by atoms with Gasteiger partial charge in [0.2, 0.25) is 5.91 Å². The van der Waals surface area contributed by atoms with E-state index in [1.807, 2.05) is 0 Å². The lowest BCUT2D eigenvalue weighted by molar-refractivity contribution is -0.135. The minimum atomic E-state index is 0. The molecule has 3 atom stereocenters. The van der Waals surface area contributed by atoms with E-state index in [2.05, 4.69) is 23.6 Å². The monoisotopic (exact) mass is 317 g/mol. The fourth-order valence-electron chi connectivity index (χ4n) is 3.92. The Morgan fingerprint density at radius 1 is 1.19 bits per heavy atom. The highest BCUT2D eigenvalue weighted by molar-refractivity contribution is 5.85. The number of halogens is 1. The van der Waals surface area contributed by atoms with Crippen LogP contribution in [0.25, 0.3) is 0 Å². The summed E-state index contributed by atoms with van der Waals surface area (Å²) in [6.07, 6.45) is 4.85. The van der Waals surface area contributed by atoms with Gasteiger partial charge in [0.1, 0.15) is 0 Å². The van der Waals surface area contributed by atoms with Gasteiger partial charge < -0.3 is 10.6 Å². The number of carbonyl (C=O) groups is 1. The summed E-state index contributed by atoms with van der Waals surface area (Å²) in [6.45, 7) is 9.93. The predicted octanol–water partition coefficient (Wildman–Crippen LogP) is 1.97. The van der Waals surface area contributed by atoms with Crippen LogP contribution in [0.2, 0.25) is 0 Å². The zero-order valence-electron chi connectivity index (χ0n) is 13.6. The molecule has 2 fully saturated rings. The first kappa shape index (κ1) is 18.7. The van der Waals surface area contributed by atoms with Crippen LogP contribution in [0.5, 0.6) is 0 Å². The largest absolute Gasteiger partial charge is 0.341 e. The van der Waals surface area contributed by atoms with Gasteiger partial charge in [0.05, 0.1) is 6.54 Å². The summed E-state index contributed by atoms with van der Waals surface area (Å²) < 4.78 is 0. The SMILES string of the molecule is CC1CC(C)CN(C(=O)CN2CCCC(CCN)C2)C1.Cl. The van der Waals surface area contributed by atoms with Gasteiger partial charge in [0.25, 0.3) is 0 Å². The fourth-order valence-corrected chi connectivity index (χ4v) is 3.92. The van der Waals surface area contributed by atoms with Crippen LogP contribution in [-0.4, -0.2) is 55.0 Å². The molecule has 0 aliphatic carbocycles. The highest BCUT2D eigenvalue weighted by Gasteiger charge is 2.27. The molecule has 0 aromatic heterocycles. The van der Waals surface area contributed by atoms with Crippen molar-refractivity contribution in [1.29, 1.82) is 0 Å². The number of rotatable bonds is 4. The molecule has 2 rings (SSSR count). The third-order valence-electron chi connectivity index (χ3n) is 4.76. The molecular formula is C16H32ClN3O. The molecule has 0 aromatic carbocycles. The number of hydrogen-bond acceptors (Lipinski definition) is 3. The lowest BCUT2D eigenvalue weighted by atomic mass is 9.91. The number of hydrogen-bond donors (Lipinski definition) is 1. The zero-order chi connectivity index (χ0) is 14.5. The van der Waals surface area contributed by atoms with E-state index in [9.17, 15) is 4.79 Å². The molecule has 0 bridgehead atoms. The molecule has 2 aliphatic rings. The van der Waals surface area contributed by atoms with Crippen molar-refractivity contribution in [2.45, 2.75) is 39.5 Å². The van der Waals surface area contributed by atoms with E-state index in [0.29, 0.717) is 30.2 Å². The first-order valence-electron chi connectivity index (χ1n) is 8.28. The van der Waals surface area contributed by atoms with Crippen LogP contribution in [0.3, 0.4) is 0 Å². The number of likely N-dealkylation sites (tertiary alicyclic amines) is 2. The van der Waals surface area contributed by atoms with Gasteiger partial charge in [-0.05, 0) is 56.5 Å². The summed E-state index contributed by atoms with van der Waals surface area (Å²) in [4.78, 5) is 16.9. The quantitative estimate of drug-likeness (QED) is 0.862. The maximum atomic E-state index is 12.5. The van der Waals surface area contributed by atoms with E-state index in [1.54, 1.807) is 0 Å². The number of nitrogens with zero attached hydrogens (tertiary/aromatic N) is 2. The predicted molar refractivity (Wildman–Crippen MR) is 89.6 cm³/mol. The Bertz CT molecular complexity index is 315. The molecule has 1 amide bonds. The summed E-state index contributed by atoms with van der Waals surface area (Å²) in [5.74, 6) is 2.32. The highest BCUT2D eigenvalue weighted by atomic mass is 35.5. The number of carbonyl (C=O) groups excluding carboxylic acids is 1. The normalized spacial score (nSPS) is 30.8. The summed E-state index contributed by atoms with van der Waals surface area (Å²) in [5.41, 5.74) is 5.66. The fraction of sp³-hybridized carbons (Fsp3) is 0.938. The summed E-state index contributed by atoms with van der Waals surface area (Å²) in [6, 6.07) is 0. The molecule has 2 saturated heterocycles. The van der Waals surface area contributed by atoms with Gasteiger partial charge in [0, 0.05) is 19.6 Å². The Kier molecular flexibility index (Phi) is 7.99. The van der Waals surface area contributed by atoms with Crippen molar-refractivity contribution < 1.29 is 4.79 Å². The number of piperidine rings is 2. The van der Waals surface area contributed by atoms with E-state index in [-0.39, 0.29) is 12.4 Å². The van der Waals surface area contributed by atoms with Crippen molar-refractivity contribution in [2.24, 2.45) is 23.5 Å². The van der Waals surface area contributed by atoms with Crippen LogP contribution in [-0.2, 0) is 4.79 Å². The minimum Gasteiger partial charge on any atom is -0.341 e. The Hall–Kier alpha value is -0.320. The Labute approximate surface area is 135 Å². The summed E-state index contributed by atoms with van der Waals surface area (Å²) in [5, 5.41) is 0. The van der Waals surface area contributed by atoms with E-state index >= 15 is 0 Å². The smallest absolute Gasteiger partial charge is 0.236 e. The van der Waals surface area contributed by atoms with Crippen molar-refractivity contribution in [3.8, 4) is 0 Å². The zero-order valence-corrected chi connectivity index (χ0v) is 14.4. The van der Waals surface area contributed by atoms with Gasteiger partial charge in [-0.3, -0.25) is 9.69 Å². The third kappa shape index (κ3) is 5.76. The molecule has 0 radical (unpaired) electrons. The van der Waals surface area contributed by atoms with Crippen molar-refractivity contribution in [3.05, 3.63) is 0 Å². The molecule has 5 heteroatoms. The lowest BCUT2D eigenvalue weighted by Crippen LogP contribution is -2.48. The van der Waals surface area contributed by atoms with Crippen LogP contribution >= 0.6 is 12.4 Å². The molecular weight excluding hydrogens is 286 g/mol. The molecule has 0 spiro atoms. The van der Waals surface area contributed by atoms with Gasteiger partial charge >= 0.3 is 0 Å². The van der Waals surface area contributed by atoms with Crippen molar-refractivity contribution in [1.82, 2.24) is 9.80 Å². The van der Waals surface area contributed by atoms with E-state index in [4.69, 9.17) is 5.73 Å². The first-order valence-corrected chi connectivity index (χ1v) is 8.28. The van der Waals surface area contributed by atoms with Gasteiger partial charge in [0.15, 0.2) is 0 Å². The number of nitrogens with two attached hydrogens (primary N) is 1. The van der Waals surface area contributed by atoms with Crippen molar-refractivity contribution >= 4 is 18.3 Å². The Balaban J connectivity index is 0.00000220. The average molecular weight is 318 g/mol. The van der Waals surface area contributed by atoms with E-state index in [1.165, 1.54) is 19.3 Å². The average Bonchev–Trinajstić information content (AvgIpc) is 2.38. The van der Waals surface area contributed by atoms with Gasteiger partial charge in [-0.25, -0.2) is 0 Å². The van der Waals surface area contributed by atoms with Crippen molar-refractivity contribution in [3.63, 3.8) is 0 Å². The number of amides is 1. The van der Waals surface area contributed by atoms with Crippen LogP contribution in [0.4, 0.5) is 0 Å². The molecule has 2 heterocycles. The topological polar surface area (TPSA) is 49.6 Å². The van der Waals surface area contributed by atoms with Gasteiger partial charge in [-0.1, -0.05) is 13.8 Å². The third-order valence-corrected chi connectivity index (χ3v) is 4.76. The molecule has 3 unspecified atom stereocenters. The first-order chi connectivity index (χ1) is 9.58. The van der Waals surface area contributed by atoms with Crippen LogP contribution in [0.15, 0.2) is 0 Å². The maximum absolute atomic E-state index is 12.5. The molecule has 0 saturated carbocycles. The Morgan fingerprint density at radius 2 is 1.86 bits per heavy atom. The second-order valence-electron chi connectivity index (χ2n) is 7.07. The molecule has 2 aliphatic heterocycles. The van der Waals surface area contributed by atoms with Gasteiger partial charge in [-0.15, -0.1) is 12.4 Å². The molecule has 124 valence electrons. The van der Waals surface area contributed by atoms with Crippen molar-refractivity contribution in [2.75, 3.05) is 39.3 Å². The molecule has 0 aromatic rings. The summed E-state index contributed by atoms with van der Waals surface area (Å²) >= 11 is 0. The molecule has 2 N–H and O–H groups in total. The standard InChI is InChI=1S/C16H31N3O.ClH/c1-13-8-14(2)10-19(9-13)16(20)12-18-7-3-4-15(11-18)5-6-17;/h13-15H,3-12,17H2,1-2H3;1H. The van der Waals surface area contributed by atoms with E-state index in [0.717, 1.165) is 39.1 Å². The lowest BCUT2D eigenvalue weighted by Gasteiger charge is -2.38. The van der Waals surface area contributed by atoms with E-state index < -0.39 is 0 Å². The van der Waals surface area contributed by atoms with Crippen LogP contribution < -0.4 is 5.73 Å².